The molecule has 1 aromatic carbocycles. The zero-order valence-corrected chi connectivity index (χ0v) is 10.9. The molecule has 88 valence electrons. The lowest BCUT2D eigenvalue weighted by molar-refractivity contribution is -0.613. The number of halogens is 1. The lowest BCUT2D eigenvalue weighted by Crippen LogP contribution is -2.87. The van der Waals surface area contributed by atoms with Crippen molar-refractivity contribution in [1.29, 1.82) is 0 Å². The average Bonchev–Trinajstić information content (AvgIpc) is 2.39. The number of sulfone groups is 1. The van der Waals surface area contributed by atoms with E-state index in [0.29, 0.717) is 0 Å². The number of rotatable bonds is 2. The molecule has 1 fully saturated rings. The Morgan fingerprint density at radius 2 is 2.12 bits per heavy atom. The van der Waals surface area contributed by atoms with Crippen LogP contribution < -0.4 is 5.32 Å². The molecule has 0 radical (unpaired) electrons. The van der Waals surface area contributed by atoms with Gasteiger partial charge in [0, 0.05) is 10.5 Å². The Morgan fingerprint density at radius 3 is 2.69 bits per heavy atom. The van der Waals surface area contributed by atoms with Crippen molar-refractivity contribution in [3.05, 3.63) is 28.7 Å². The molecule has 1 aromatic rings. The molecule has 4 nitrogen and oxygen atoms in total. The van der Waals surface area contributed by atoms with Crippen molar-refractivity contribution in [2.75, 3.05) is 11.5 Å². The first-order valence-electron chi connectivity index (χ1n) is 4.95. The summed E-state index contributed by atoms with van der Waals surface area (Å²) < 4.78 is 23.6. The zero-order chi connectivity index (χ0) is 11.8. The SMILES string of the molecule is O=S1(=O)C[C@@H](O)[C@H]([NH2+]c2cccc(Br)c2)C1. The monoisotopic (exact) mass is 306 g/mol. The molecule has 0 aliphatic carbocycles. The minimum atomic E-state index is -3.07. The predicted octanol–water partition coefficient (Wildman–Crippen LogP) is -0.198. The van der Waals surface area contributed by atoms with Gasteiger partial charge in [0.1, 0.15) is 23.6 Å². The van der Waals surface area contributed by atoms with Crippen LogP contribution in [0, 0.1) is 0 Å². The zero-order valence-electron chi connectivity index (χ0n) is 8.51. The summed E-state index contributed by atoms with van der Waals surface area (Å²) in [5.74, 6) is -0.0805. The lowest BCUT2D eigenvalue weighted by atomic mass is 10.2. The first-order chi connectivity index (χ1) is 7.46. The van der Waals surface area contributed by atoms with Crippen LogP contribution in [0.25, 0.3) is 0 Å². The average molecular weight is 307 g/mol. The summed E-state index contributed by atoms with van der Waals surface area (Å²) in [5, 5.41) is 11.5. The van der Waals surface area contributed by atoms with E-state index in [1.807, 2.05) is 29.6 Å². The summed E-state index contributed by atoms with van der Waals surface area (Å²) in [6.07, 6.45) is -0.774. The number of benzene rings is 1. The van der Waals surface area contributed by atoms with Gasteiger partial charge in [-0.3, -0.25) is 0 Å². The molecule has 16 heavy (non-hydrogen) atoms. The normalized spacial score (nSPS) is 28.1. The number of hydrogen-bond acceptors (Lipinski definition) is 3. The summed E-state index contributed by atoms with van der Waals surface area (Å²) in [6, 6.07) is 7.28. The van der Waals surface area contributed by atoms with Gasteiger partial charge in [0.2, 0.25) is 0 Å². The van der Waals surface area contributed by atoms with Gasteiger partial charge < -0.3 is 10.4 Å². The molecule has 0 bridgehead atoms. The first-order valence-corrected chi connectivity index (χ1v) is 7.57. The summed E-state index contributed by atoms with van der Waals surface area (Å²) >= 11 is 3.35. The molecule has 0 aromatic heterocycles. The van der Waals surface area contributed by atoms with E-state index in [1.54, 1.807) is 0 Å². The van der Waals surface area contributed by atoms with Gasteiger partial charge in [-0.1, -0.05) is 22.0 Å². The van der Waals surface area contributed by atoms with Crippen molar-refractivity contribution in [2.45, 2.75) is 12.1 Å². The highest BCUT2D eigenvalue weighted by Crippen LogP contribution is 2.14. The van der Waals surface area contributed by atoms with E-state index in [9.17, 15) is 13.5 Å². The Bertz CT molecular complexity index is 489. The van der Waals surface area contributed by atoms with Crippen molar-refractivity contribution in [1.82, 2.24) is 0 Å². The second-order valence-electron chi connectivity index (χ2n) is 4.03. The van der Waals surface area contributed by atoms with Crippen LogP contribution >= 0.6 is 15.9 Å². The molecular formula is C10H13BrNO3S+. The van der Waals surface area contributed by atoms with Crippen LogP contribution in [0.1, 0.15) is 0 Å². The molecule has 1 saturated heterocycles. The smallest absolute Gasteiger partial charge is 0.159 e. The summed E-state index contributed by atoms with van der Waals surface area (Å²) in [4.78, 5) is 0. The van der Waals surface area contributed by atoms with Crippen LogP contribution in [-0.4, -0.2) is 37.2 Å². The number of nitrogens with two attached hydrogens (primary N) is 1. The number of aliphatic hydroxyl groups is 1. The minimum absolute atomic E-state index is 0.0423. The topological polar surface area (TPSA) is 71.0 Å². The summed E-state index contributed by atoms with van der Waals surface area (Å²) in [7, 11) is -3.07. The number of hydrogen-bond donors (Lipinski definition) is 2. The van der Waals surface area contributed by atoms with Gasteiger partial charge >= 0.3 is 0 Å². The molecule has 2 rings (SSSR count). The van der Waals surface area contributed by atoms with E-state index in [2.05, 4.69) is 15.9 Å². The second kappa shape index (κ2) is 4.44. The Hall–Kier alpha value is -0.430. The van der Waals surface area contributed by atoms with E-state index in [4.69, 9.17) is 0 Å². The molecule has 0 saturated carbocycles. The lowest BCUT2D eigenvalue weighted by Gasteiger charge is -2.10. The van der Waals surface area contributed by atoms with Crippen molar-refractivity contribution in [3.63, 3.8) is 0 Å². The molecule has 0 unspecified atom stereocenters. The van der Waals surface area contributed by atoms with Crippen LogP contribution in [0.5, 0.6) is 0 Å². The fourth-order valence-electron chi connectivity index (χ4n) is 1.87. The van der Waals surface area contributed by atoms with E-state index in [1.165, 1.54) is 0 Å². The molecule has 6 heteroatoms. The third-order valence-electron chi connectivity index (χ3n) is 2.62. The van der Waals surface area contributed by atoms with Crippen LogP contribution in [0.2, 0.25) is 0 Å². The van der Waals surface area contributed by atoms with Gasteiger partial charge in [-0.25, -0.2) is 8.42 Å². The number of aliphatic hydroxyl groups excluding tert-OH is 1. The fourth-order valence-corrected chi connectivity index (χ4v) is 4.10. The highest BCUT2D eigenvalue weighted by atomic mass is 79.9. The fraction of sp³-hybridized carbons (Fsp3) is 0.400. The maximum Gasteiger partial charge on any atom is 0.159 e. The maximum absolute atomic E-state index is 11.3. The van der Waals surface area contributed by atoms with Gasteiger partial charge in [-0.2, -0.15) is 0 Å². The molecule has 0 spiro atoms. The Morgan fingerprint density at radius 1 is 1.38 bits per heavy atom. The van der Waals surface area contributed by atoms with Crippen LogP contribution in [-0.2, 0) is 9.84 Å². The van der Waals surface area contributed by atoms with Crippen molar-refractivity contribution >= 4 is 31.5 Å². The quantitative estimate of drug-likeness (QED) is 0.744. The van der Waals surface area contributed by atoms with Gasteiger partial charge in [-0.15, -0.1) is 0 Å². The molecule has 1 aliphatic rings. The Balaban J connectivity index is 2.11. The van der Waals surface area contributed by atoms with Gasteiger partial charge in [-0.05, 0) is 12.1 Å². The second-order valence-corrected chi connectivity index (χ2v) is 7.10. The highest BCUT2D eigenvalue weighted by molar-refractivity contribution is 9.10. The number of quaternary nitrogens is 1. The van der Waals surface area contributed by atoms with Crippen LogP contribution in [0.4, 0.5) is 5.69 Å². The minimum Gasteiger partial charge on any atom is -0.386 e. The summed E-state index contributed by atoms with van der Waals surface area (Å²) in [6.45, 7) is 0. The third-order valence-corrected chi connectivity index (χ3v) is 4.86. The van der Waals surface area contributed by atoms with E-state index < -0.39 is 15.9 Å². The highest BCUT2D eigenvalue weighted by Gasteiger charge is 2.39. The van der Waals surface area contributed by atoms with E-state index in [0.717, 1.165) is 10.2 Å². The van der Waals surface area contributed by atoms with Gasteiger partial charge in [0.25, 0.3) is 0 Å². The van der Waals surface area contributed by atoms with Crippen molar-refractivity contribution in [2.24, 2.45) is 0 Å². The van der Waals surface area contributed by atoms with E-state index in [-0.39, 0.29) is 17.5 Å². The Kier molecular flexibility index (Phi) is 3.34. The molecule has 2 atom stereocenters. The van der Waals surface area contributed by atoms with Crippen LogP contribution in [0.15, 0.2) is 28.7 Å². The third kappa shape index (κ3) is 2.82. The predicted molar refractivity (Wildman–Crippen MR) is 64.2 cm³/mol. The van der Waals surface area contributed by atoms with Crippen molar-refractivity contribution in [3.8, 4) is 0 Å². The van der Waals surface area contributed by atoms with Gasteiger partial charge in [0.05, 0.1) is 5.75 Å². The van der Waals surface area contributed by atoms with E-state index >= 15 is 0 Å². The van der Waals surface area contributed by atoms with Crippen LogP contribution in [0.3, 0.4) is 0 Å². The first kappa shape index (κ1) is 12.0. The molecule has 1 heterocycles. The molecular weight excluding hydrogens is 294 g/mol. The van der Waals surface area contributed by atoms with Crippen molar-refractivity contribution < 1.29 is 18.8 Å². The molecule has 3 N–H and O–H groups in total. The Labute approximate surface area is 103 Å². The standard InChI is InChI=1S/C10H12BrNO3S/c11-7-2-1-3-8(4-7)12-9-5-16(14,15)6-10(9)13/h1-4,9-10,12-13H,5-6H2/p+1/t9-,10-/m1/s1. The largest absolute Gasteiger partial charge is 0.386 e. The maximum atomic E-state index is 11.3. The molecule has 1 aliphatic heterocycles. The molecule has 0 amide bonds. The summed E-state index contributed by atoms with van der Waals surface area (Å²) in [5.41, 5.74) is 0.926. The van der Waals surface area contributed by atoms with Gasteiger partial charge in [0.15, 0.2) is 9.84 Å².